The highest BCUT2D eigenvalue weighted by molar-refractivity contribution is 5.76. The molecular formula is C59H109NO13. The summed E-state index contributed by atoms with van der Waals surface area (Å²) in [6, 6.07) is -0.918. The Balaban J connectivity index is 1.78. The van der Waals surface area contributed by atoms with Gasteiger partial charge in [-0.25, -0.2) is 0 Å². The van der Waals surface area contributed by atoms with Crippen molar-refractivity contribution in [1.82, 2.24) is 5.32 Å². The lowest BCUT2D eigenvalue weighted by Crippen LogP contribution is -2.65. The normalized spacial score (nSPS) is 25.6. The van der Waals surface area contributed by atoms with E-state index in [2.05, 4.69) is 43.5 Å². The maximum atomic E-state index is 13.2. The van der Waals surface area contributed by atoms with Crippen molar-refractivity contribution in [3.05, 3.63) is 36.5 Å². The fourth-order valence-electron chi connectivity index (χ4n) is 9.73. The SMILES string of the molecule is CCCCC/C=C\C/C=C\CCCCCCCCCC(=O)NC(COC1OC(CO)C(OC2OC(CO)C(O)C(O)C2O)C(O)C1O)C(O)/C=C/CCCCCCCCCCCCCCCCCCCCCC. The van der Waals surface area contributed by atoms with Gasteiger partial charge in [-0.2, -0.15) is 0 Å². The first kappa shape index (κ1) is 67.3. The van der Waals surface area contributed by atoms with Crippen LogP contribution >= 0.6 is 0 Å². The van der Waals surface area contributed by atoms with E-state index in [4.69, 9.17) is 18.9 Å². The molecule has 1 amide bonds. The van der Waals surface area contributed by atoms with Crippen LogP contribution in [0.15, 0.2) is 36.5 Å². The summed E-state index contributed by atoms with van der Waals surface area (Å²) in [5.74, 6) is -0.246. The van der Waals surface area contributed by atoms with Crippen LogP contribution in [-0.4, -0.2) is 140 Å². The second kappa shape index (κ2) is 45.3. The molecule has 0 aromatic carbocycles. The molecule has 0 aliphatic carbocycles. The molecule has 2 aliphatic rings. The van der Waals surface area contributed by atoms with Crippen LogP contribution in [0.4, 0.5) is 0 Å². The van der Waals surface area contributed by atoms with Gasteiger partial charge in [-0.15, -0.1) is 0 Å². The fraction of sp³-hybridized carbons (Fsp3) is 0.881. The van der Waals surface area contributed by atoms with E-state index < -0.39 is 86.8 Å². The average molecular weight is 1040 g/mol. The number of ether oxygens (including phenoxy) is 4. The third-order valence-electron chi connectivity index (χ3n) is 14.6. The maximum Gasteiger partial charge on any atom is 0.220 e. The van der Waals surface area contributed by atoms with Crippen molar-refractivity contribution in [1.29, 1.82) is 0 Å². The molecule has 73 heavy (non-hydrogen) atoms. The highest BCUT2D eigenvalue weighted by Crippen LogP contribution is 2.30. The van der Waals surface area contributed by atoms with E-state index in [1.165, 1.54) is 154 Å². The molecule has 2 rings (SSSR count). The molecule has 2 saturated heterocycles. The second-order valence-electron chi connectivity index (χ2n) is 21.1. The average Bonchev–Trinajstić information content (AvgIpc) is 3.39. The standard InChI is InChI=1S/C59H109NO13/c1-3-5-7-9-11-13-15-17-19-21-22-23-24-25-27-28-30-32-34-36-38-40-42-48(63)47(60-51(64)43-41-39-37-35-33-31-29-26-20-18-16-14-12-10-8-6-4-2)46-70-58-56(69)54(67)57(50(45-62)72-58)73-59-55(68)53(66)52(65)49(44-61)71-59/h12,14,18,20,40,42,47-50,52-59,61-63,65-69H,3-11,13,15-17,19,21-39,41,43-46H2,1-2H3,(H,60,64)/b14-12-,20-18-,42-40+. The van der Waals surface area contributed by atoms with Crippen molar-refractivity contribution in [2.75, 3.05) is 19.8 Å². The Labute approximate surface area is 442 Å². The summed E-state index contributed by atoms with van der Waals surface area (Å²) in [5, 5.41) is 87.1. The molecule has 2 aliphatic heterocycles. The third kappa shape index (κ3) is 31.3. The molecule has 2 heterocycles. The molecule has 2 fully saturated rings. The Morgan fingerprint density at radius 3 is 1.40 bits per heavy atom. The Hall–Kier alpha value is -1.79. The zero-order chi connectivity index (χ0) is 53.2. The molecule has 14 nitrogen and oxygen atoms in total. The quantitative estimate of drug-likeness (QED) is 0.0205. The van der Waals surface area contributed by atoms with Crippen molar-refractivity contribution in [2.45, 2.75) is 312 Å². The van der Waals surface area contributed by atoms with Gasteiger partial charge in [0.25, 0.3) is 0 Å². The number of allylic oxidation sites excluding steroid dienone is 5. The number of aliphatic hydroxyl groups excluding tert-OH is 8. The van der Waals surface area contributed by atoms with Crippen LogP contribution in [0.25, 0.3) is 0 Å². The first-order chi connectivity index (χ1) is 35.6. The van der Waals surface area contributed by atoms with Gasteiger partial charge >= 0.3 is 0 Å². The Kier molecular flexibility index (Phi) is 41.7. The topological polar surface area (TPSA) is 228 Å². The van der Waals surface area contributed by atoms with Crippen LogP contribution in [0.1, 0.15) is 239 Å². The van der Waals surface area contributed by atoms with Crippen molar-refractivity contribution < 1.29 is 64.6 Å². The van der Waals surface area contributed by atoms with Gasteiger partial charge in [-0.3, -0.25) is 4.79 Å². The van der Waals surface area contributed by atoms with Gasteiger partial charge in [0.2, 0.25) is 5.91 Å². The van der Waals surface area contributed by atoms with Crippen LogP contribution in [-0.2, 0) is 23.7 Å². The first-order valence-corrected chi connectivity index (χ1v) is 29.7. The van der Waals surface area contributed by atoms with E-state index >= 15 is 0 Å². The number of nitrogens with one attached hydrogen (secondary N) is 1. The molecule has 0 aromatic heterocycles. The summed E-state index contributed by atoms with van der Waals surface area (Å²) in [6.07, 6.45) is 37.5. The third-order valence-corrected chi connectivity index (χ3v) is 14.6. The highest BCUT2D eigenvalue weighted by Gasteiger charge is 2.51. The number of rotatable bonds is 47. The molecule has 12 unspecified atom stereocenters. The van der Waals surface area contributed by atoms with Gasteiger partial charge in [-0.1, -0.05) is 217 Å². The van der Waals surface area contributed by atoms with Crippen molar-refractivity contribution in [2.24, 2.45) is 0 Å². The fourth-order valence-corrected chi connectivity index (χ4v) is 9.73. The summed E-state index contributed by atoms with van der Waals surface area (Å²) in [4.78, 5) is 13.2. The van der Waals surface area contributed by atoms with E-state index in [0.717, 1.165) is 57.8 Å². The van der Waals surface area contributed by atoms with Crippen molar-refractivity contribution >= 4 is 5.91 Å². The number of carbonyl (C=O) groups excluding carboxylic acids is 1. The molecule has 14 heteroatoms. The van der Waals surface area contributed by atoms with Gasteiger partial charge in [0.05, 0.1) is 32.0 Å². The van der Waals surface area contributed by atoms with Crippen LogP contribution in [0.5, 0.6) is 0 Å². The van der Waals surface area contributed by atoms with Gasteiger partial charge in [-0.05, 0) is 51.4 Å². The Morgan fingerprint density at radius 2 is 0.904 bits per heavy atom. The number of hydrogen-bond acceptors (Lipinski definition) is 13. The maximum absolute atomic E-state index is 13.2. The van der Waals surface area contributed by atoms with Crippen molar-refractivity contribution in [3.63, 3.8) is 0 Å². The molecule has 0 saturated carbocycles. The van der Waals surface area contributed by atoms with Gasteiger partial charge < -0.3 is 65.1 Å². The monoisotopic (exact) mass is 1040 g/mol. The van der Waals surface area contributed by atoms with Crippen LogP contribution < -0.4 is 5.32 Å². The Morgan fingerprint density at radius 1 is 0.493 bits per heavy atom. The highest BCUT2D eigenvalue weighted by atomic mass is 16.7. The predicted molar refractivity (Wildman–Crippen MR) is 291 cm³/mol. The van der Waals surface area contributed by atoms with E-state index in [1.54, 1.807) is 6.08 Å². The molecule has 0 aromatic rings. The zero-order valence-corrected chi connectivity index (χ0v) is 45.9. The summed E-state index contributed by atoms with van der Waals surface area (Å²) >= 11 is 0. The molecule has 0 spiro atoms. The minimum absolute atomic E-state index is 0.246. The predicted octanol–water partition coefficient (Wildman–Crippen LogP) is 9.83. The molecular weight excluding hydrogens is 931 g/mol. The molecule has 0 bridgehead atoms. The van der Waals surface area contributed by atoms with E-state index in [0.29, 0.717) is 6.42 Å². The smallest absolute Gasteiger partial charge is 0.220 e. The van der Waals surface area contributed by atoms with Gasteiger partial charge in [0.1, 0.15) is 48.8 Å². The van der Waals surface area contributed by atoms with E-state index in [-0.39, 0.29) is 18.9 Å². The molecule has 9 N–H and O–H groups in total. The van der Waals surface area contributed by atoms with Crippen LogP contribution in [0, 0.1) is 0 Å². The summed E-state index contributed by atoms with van der Waals surface area (Å²) in [6.45, 7) is 2.78. The molecule has 428 valence electrons. The summed E-state index contributed by atoms with van der Waals surface area (Å²) in [7, 11) is 0. The van der Waals surface area contributed by atoms with Crippen LogP contribution in [0.2, 0.25) is 0 Å². The zero-order valence-electron chi connectivity index (χ0n) is 45.9. The minimum Gasteiger partial charge on any atom is -0.394 e. The largest absolute Gasteiger partial charge is 0.394 e. The lowest BCUT2D eigenvalue weighted by Gasteiger charge is -2.46. The lowest BCUT2D eigenvalue weighted by molar-refractivity contribution is -0.359. The molecule has 12 atom stereocenters. The van der Waals surface area contributed by atoms with Gasteiger partial charge in [0.15, 0.2) is 12.6 Å². The second-order valence-corrected chi connectivity index (χ2v) is 21.1. The summed E-state index contributed by atoms with van der Waals surface area (Å²) in [5.41, 5.74) is 0. The summed E-state index contributed by atoms with van der Waals surface area (Å²) < 4.78 is 22.8. The number of unbranched alkanes of at least 4 members (excludes halogenated alkanes) is 30. The van der Waals surface area contributed by atoms with E-state index in [9.17, 15) is 45.6 Å². The number of carbonyl (C=O) groups is 1. The lowest BCUT2D eigenvalue weighted by atomic mass is 9.97. The van der Waals surface area contributed by atoms with Crippen LogP contribution in [0.3, 0.4) is 0 Å². The van der Waals surface area contributed by atoms with Crippen molar-refractivity contribution in [3.8, 4) is 0 Å². The molecule has 0 radical (unpaired) electrons. The number of hydrogen-bond donors (Lipinski definition) is 9. The Bertz CT molecular complexity index is 1370. The van der Waals surface area contributed by atoms with E-state index in [1.807, 2.05) is 6.08 Å². The number of aliphatic hydroxyl groups is 8. The van der Waals surface area contributed by atoms with Gasteiger partial charge in [0, 0.05) is 6.42 Å². The minimum atomic E-state index is -1.79. The number of amides is 1. The first-order valence-electron chi connectivity index (χ1n) is 29.7.